The van der Waals surface area contributed by atoms with Gasteiger partial charge in [0.25, 0.3) is 0 Å². The third-order valence-electron chi connectivity index (χ3n) is 2.40. The van der Waals surface area contributed by atoms with Gasteiger partial charge >= 0.3 is 0 Å². The number of ether oxygens (including phenoxy) is 2. The first kappa shape index (κ1) is 20.1. The summed E-state index contributed by atoms with van der Waals surface area (Å²) in [5.41, 5.74) is 0. The molecule has 2 N–H and O–H groups in total. The van der Waals surface area contributed by atoms with E-state index in [9.17, 15) is 8.42 Å². The minimum absolute atomic E-state index is 0.0542. The van der Waals surface area contributed by atoms with Crippen molar-refractivity contribution in [3.8, 4) is 0 Å². The van der Waals surface area contributed by atoms with Gasteiger partial charge < -0.3 is 20.1 Å². The van der Waals surface area contributed by atoms with E-state index >= 15 is 0 Å². The van der Waals surface area contributed by atoms with Crippen LogP contribution in [0.5, 0.6) is 0 Å². The molecule has 0 spiro atoms. The molecular weight excluding hydrogens is 294 g/mol. The third-order valence-corrected chi connectivity index (χ3v) is 3.31. The number of rotatable bonds is 12. The minimum Gasteiger partial charge on any atom is -0.382 e. The molecule has 0 aliphatic carbocycles. The minimum atomic E-state index is -2.95. The molecule has 21 heavy (non-hydrogen) atoms. The molecule has 0 saturated heterocycles. The Kier molecular flexibility index (Phi) is 12.3. The molecule has 0 bridgehead atoms. The number of hydrogen-bond donors (Lipinski definition) is 2. The van der Waals surface area contributed by atoms with Crippen molar-refractivity contribution in [2.75, 3.05) is 58.1 Å². The van der Waals surface area contributed by atoms with Crippen LogP contribution in [-0.2, 0) is 19.3 Å². The highest BCUT2D eigenvalue weighted by Gasteiger charge is 2.01. The summed E-state index contributed by atoms with van der Waals surface area (Å²) in [4.78, 5) is 4.41. The van der Waals surface area contributed by atoms with Crippen LogP contribution in [-0.4, -0.2) is 72.4 Å². The lowest BCUT2D eigenvalue weighted by Crippen LogP contribution is -2.39. The van der Waals surface area contributed by atoms with Crippen LogP contribution in [0.15, 0.2) is 4.99 Å². The van der Waals surface area contributed by atoms with Gasteiger partial charge in [-0.15, -0.1) is 0 Å². The lowest BCUT2D eigenvalue weighted by molar-refractivity contribution is 0.146. The number of nitrogens with zero attached hydrogens (tertiary/aromatic N) is 1. The van der Waals surface area contributed by atoms with Gasteiger partial charge in [0.2, 0.25) is 0 Å². The van der Waals surface area contributed by atoms with Gasteiger partial charge in [-0.25, -0.2) is 8.42 Å². The first-order valence-electron chi connectivity index (χ1n) is 7.35. The predicted octanol–water partition coefficient (Wildman–Crippen LogP) is 0.0293. The molecule has 0 aliphatic heterocycles. The molecule has 7 nitrogen and oxygen atoms in total. The average molecular weight is 323 g/mol. The van der Waals surface area contributed by atoms with Gasteiger partial charge in [-0.1, -0.05) is 0 Å². The average Bonchev–Trinajstić information content (AvgIpc) is 2.41. The van der Waals surface area contributed by atoms with E-state index in [1.165, 1.54) is 6.26 Å². The number of aliphatic imine (C=N–C) groups is 1. The summed E-state index contributed by atoms with van der Waals surface area (Å²) < 4.78 is 32.3. The number of sulfone groups is 1. The fourth-order valence-corrected chi connectivity index (χ4v) is 1.82. The van der Waals surface area contributed by atoms with Crippen molar-refractivity contribution in [3.05, 3.63) is 0 Å². The molecule has 0 heterocycles. The molecule has 0 atom stereocenters. The van der Waals surface area contributed by atoms with Gasteiger partial charge in [-0.3, -0.25) is 4.99 Å². The van der Waals surface area contributed by atoms with Gasteiger partial charge in [0, 0.05) is 39.1 Å². The maximum atomic E-state index is 10.9. The van der Waals surface area contributed by atoms with Crippen LogP contribution in [0, 0.1) is 0 Å². The first-order chi connectivity index (χ1) is 9.99. The van der Waals surface area contributed by atoms with Crippen molar-refractivity contribution < 1.29 is 17.9 Å². The zero-order valence-electron chi connectivity index (χ0n) is 13.4. The zero-order chi connectivity index (χ0) is 16.0. The Labute approximate surface area is 128 Å². The van der Waals surface area contributed by atoms with E-state index in [0.717, 1.165) is 25.5 Å². The summed E-state index contributed by atoms with van der Waals surface area (Å²) in [6, 6.07) is 0. The Hall–Kier alpha value is -0.860. The quantitative estimate of drug-likeness (QED) is 0.299. The SMILES string of the molecule is CCNC(=NCCCOCC)NCCOCCS(C)(=O)=O. The van der Waals surface area contributed by atoms with E-state index in [1.807, 2.05) is 13.8 Å². The molecule has 126 valence electrons. The maximum absolute atomic E-state index is 10.9. The molecule has 0 amide bonds. The van der Waals surface area contributed by atoms with Gasteiger partial charge in [-0.05, 0) is 20.3 Å². The van der Waals surface area contributed by atoms with Crippen LogP contribution in [0.25, 0.3) is 0 Å². The first-order valence-corrected chi connectivity index (χ1v) is 9.41. The summed E-state index contributed by atoms with van der Waals surface area (Å²) in [7, 11) is -2.95. The highest BCUT2D eigenvalue weighted by Crippen LogP contribution is 1.86. The van der Waals surface area contributed by atoms with Crippen LogP contribution < -0.4 is 10.6 Å². The summed E-state index contributed by atoms with van der Waals surface area (Å²) >= 11 is 0. The Morgan fingerprint density at radius 1 is 1.10 bits per heavy atom. The van der Waals surface area contributed by atoms with E-state index in [2.05, 4.69) is 15.6 Å². The van der Waals surface area contributed by atoms with E-state index in [1.54, 1.807) is 0 Å². The van der Waals surface area contributed by atoms with E-state index in [0.29, 0.717) is 26.3 Å². The van der Waals surface area contributed by atoms with E-state index in [-0.39, 0.29) is 12.4 Å². The molecular formula is C13H29N3O4S. The normalized spacial score (nSPS) is 12.4. The molecule has 0 fully saturated rings. The molecule has 0 aromatic carbocycles. The van der Waals surface area contributed by atoms with Gasteiger partial charge in [-0.2, -0.15) is 0 Å². The molecule has 0 aromatic rings. The van der Waals surface area contributed by atoms with Crippen molar-refractivity contribution in [2.24, 2.45) is 4.99 Å². The third kappa shape index (κ3) is 15.3. The Bertz CT molecular complexity index is 372. The summed E-state index contributed by atoms with van der Waals surface area (Å²) in [6.07, 6.45) is 2.09. The Morgan fingerprint density at radius 3 is 2.48 bits per heavy atom. The van der Waals surface area contributed by atoms with Gasteiger partial charge in [0.15, 0.2) is 5.96 Å². The summed E-state index contributed by atoms with van der Waals surface area (Å²) in [6.45, 7) is 8.15. The van der Waals surface area contributed by atoms with Crippen LogP contribution in [0.2, 0.25) is 0 Å². The second-order valence-electron chi connectivity index (χ2n) is 4.48. The van der Waals surface area contributed by atoms with Gasteiger partial charge in [0.05, 0.1) is 19.0 Å². The van der Waals surface area contributed by atoms with Crippen LogP contribution in [0.1, 0.15) is 20.3 Å². The highest BCUT2D eigenvalue weighted by molar-refractivity contribution is 7.90. The lowest BCUT2D eigenvalue weighted by Gasteiger charge is -2.11. The van der Waals surface area contributed by atoms with Crippen LogP contribution in [0.4, 0.5) is 0 Å². The van der Waals surface area contributed by atoms with Crippen molar-refractivity contribution in [3.63, 3.8) is 0 Å². The largest absolute Gasteiger partial charge is 0.382 e. The van der Waals surface area contributed by atoms with Crippen molar-refractivity contribution in [1.82, 2.24) is 10.6 Å². The fraction of sp³-hybridized carbons (Fsp3) is 0.923. The van der Waals surface area contributed by atoms with Crippen molar-refractivity contribution >= 4 is 15.8 Å². The second kappa shape index (κ2) is 12.8. The van der Waals surface area contributed by atoms with Crippen LogP contribution >= 0.6 is 0 Å². The van der Waals surface area contributed by atoms with Crippen LogP contribution in [0.3, 0.4) is 0 Å². The zero-order valence-corrected chi connectivity index (χ0v) is 14.2. The highest BCUT2D eigenvalue weighted by atomic mass is 32.2. The Balaban J connectivity index is 3.75. The monoisotopic (exact) mass is 323 g/mol. The van der Waals surface area contributed by atoms with Crippen molar-refractivity contribution in [1.29, 1.82) is 0 Å². The Morgan fingerprint density at radius 2 is 1.86 bits per heavy atom. The van der Waals surface area contributed by atoms with Crippen molar-refractivity contribution in [2.45, 2.75) is 20.3 Å². The number of guanidine groups is 1. The molecule has 0 aliphatic rings. The maximum Gasteiger partial charge on any atom is 0.191 e. The second-order valence-corrected chi connectivity index (χ2v) is 6.74. The van der Waals surface area contributed by atoms with E-state index in [4.69, 9.17) is 9.47 Å². The predicted molar refractivity (Wildman–Crippen MR) is 85.6 cm³/mol. The number of hydrogen-bond acceptors (Lipinski definition) is 5. The van der Waals surface area contributed by atoms with E-state index < -0.39 is 9.84 Å². The topological polar surface area (TPSA) is 89.0 Å². The molecule has 0 unspecified atom stereocenters. The summed E-state index contributed by atoms with van der Waals surface area (Å²) in [5, 5.41) is 6.27. The lowest BCUT2D eigenvalue weighted by atomic mass is 10.4. The van der Waals surface area contributed by atoms with Gasteiger partial charge in [0.1, 0.15) is 9.84 Å². The molecule has 0 rings (SSSR count). The smallest absolute Gasteiger partial charge is 0.191 e. The molecule has 0 saturated carbocycles. The molecule has 0 radical (unpaired) electrons. The molecule has 8 heteroatoms. The fourth-order valence-electron chi connectivity index (χ4n) is 1.40. The summed E-state index contributed by atoms with van der Waals surface area (Å²) in [5.74, 6) is 0.791. The molecule has 0 aromatic heterocycles. The standard InChI is InChI=1S/C13H29N3O4S/c1-4-14-13(15-7-6-9-19-5-2)16-8-10-20-11-12-21(3,17)18/h4-12H2,1-3H3,(H2,14,15,16). The number of nitrogens with one attached hydrogen (secondary N) is 2.